The molecular weight excluding hydrogens is 564 g/mol. The number of allylic oxidation sites excluding steroid dienone is 1. The smallest absolute Gasteiger partial charge is 0.338 e. The molecule has 3 aromatic rings. The van der Waals surface area contributed by atoms with Crippen molar-refractivity contribution in [2.24, 2.45) is 4.99 Å². The summed E-state index contributed by atoms with van der Waals surface area (Å²) in [5, 5.41) is 10.1. The molecule has 1 aliphatic heterocycles. The number of aromatic nitrogens is 1. The van der Waals surface area contributed by atoms with Gasteiger partial charge in [0, 0.05) is 0 Å². The fourth-order valence-electron chi connectivity index (χ4n) is 4.11. The highest BCUT2D eigenvalue weighted by atomic mass is 79.9. The number of rotatable bonds is 7. The van der Waals surface area contributed by atoms with Gasteiger partial charge in [0.15, 0.2) is 27.8 Å². The first-order valence-electron chi connectivity index (χ1n) is 11.2. The van der Waals surface area contributed by atoms with Gasteiger partial charge in [0.2, 0.25) is 0 Å². The molecule has 0 amide bonds. The van der Waals surface area contributed by atoms with E-state index in [0.29, 0.717) is 42.1 Å². The van der Waals surface area contributed by atoms with E-state index >= 15 is 0 Å². The highest BCUT2D eigenvalue weighted by molar-refractivity contribution is 9.10. The van der Waals surface area contributed by atoms with Gasteiger partial charge < -0.3 is 24.1 Å². The van der Waals surface area contributed by atoms with Crippen molar-refractivity contribution in [3.05, 3.63) is 76.9 Å². The number of ether oxygens (including phenoxy) is 4. The third-order valence-electron chi connectivity index (χ3n) is 5.81. The lowest BCUT2D eigenvalue weighted by molar-refractivity contribution is -0.139. The van der Waals surface area contributed by atoms with Gasteiger partial charge in [-0.3, -0.25) is 9.36 Å². The number of hydrogen-bond acceptors (Lipinski definition) is 9. The van der Waals surface area contributed by atoms with Gasteiger partial charge in [0.05, 0.1) is 54.3 Å². The lowest BCUT2D eigenvalue weighted by Crippen LogP contribution is -2.40. The van der Waals surface area contributed by atoms with Crippen LogP contribution in [0.25, 0.3) is 6.08 Å². The Hall–Kier alpha value is -3.57. The van der Waals surface area contributed by atoms with Crippen LogP contribution < -0.4 is 29.1 Å². The molecule has 194 valence electrons. The van der Waals surface area contributed by atoms with Crippen LogP contribution in [0.5, 0.6) is 23.0 Å². The molecule has 11 heteroatoms. The molecule has 0 fully saturated rings. The summed E-state index contributed by atoms with van der Waals surface area (Å²) in [6.45, 7) is 3.62. The monoisotopic (exact) mass is 588 g/mol. The topological polar surface area (TPSA) is 109 Å². The molecule has 37 heavy (non-hydrogen) atoms. The van der Waals surface area contributed by atoms with Gasteiger partial charge in [0.1, 0.15) is 0 Å². The number of carbonyl (C=O) groups is 1. The summed E-state index contributed by atoms with van der Waals surface area (Å²) >= 11 is 4.50. The van der Waals surface area contributed by atoms with Crippen LogP contribution in [0.15, 0.2) is 55.9 Å². The van der Waals surface area contributed by atoms with Crippen LogP contribution in [0.3, 0.4) is 0 Å². The van der Waals surface area contributed by atoms with Crippen molar-refractivity contribution >= 4 is 39.3 Å². The lowest BCUT2D eigenvalue weighted by atomic mass is 9.95. The molecule has 1 aliphatic rings. The Morgan fingerprint density at radius 1 is 1.14 bits per heavy atom. The number of benzene rings is 2. The predicted molar refractivity (Wildman–Crippen MR) is 142 cm³/mol. The van der Waals surface area contributed by atoms with Gasteiger partial charge in [-0.25, -0.2) is 9.79 Å². The van der Waals surface area contributed by atoms with Gasteiger partial charge in [-0.05, 0) is 71.2 Å². The first kappa shape index (κ1) is 26.5. The third kappa shape index (κ3) is 4.88. The number of fused-ring (bicyclic) bond motifs is 1. The van der Waals surface area contributed by atoms with Gasteiger partial charge in [-0.1, -0.05) is 17.4 Å². The Bertz CT molecular complexity index is 1590. The molecule has 1 aromatic heterocycles. The zero-order valence-corrected chi connectivity index (χ0v) is 23.2. The highest BCUT2D eigenvalue weighted by Crippen LogP contribution is 2.37. The molecule has 1 atom stereocenters. The fraction of sp³-hybridized carbons (Fsp3) is 0.269. The number of phenolic OH excluding ortho intramolecular Hbond substituents is 1. The molecule has 4 rings (SSSR count). The van der Waals surface area contributed by atoms with E-state index in [1.165, 1.54) is 37.2 Å². The molecule has 0 saturated heterocycles. The van der Waals surface area contributed by atoms with E-state index in [1.807, 2.05) is 0 Å². The van der Waals surface area contributed by atoms with Crippen molar-refractivity contribution in [3.63, 3.8) is 0 Å². The normalized spacial score (nSPS) is 15.2. The first-order valence-corrected chi connectivity index (χ1v) is 12.8. The number of thiazole rings is 1. The predicted octanol–water partition coefficient (Wildman–Crippen LogP) is 3.29. The molecule has 0 spiro atoms. The van der Waals surface area contributed by atoms with E-state index in [-0.39, 0.29) is 29.2 Å². The Balaban J connectivity index is 1.97. The van der Waals surface area contributed by atoms with Crippen LogP contribution in [0.2, 0.25) is 0 Å². The molecule has 1 unspecified atom stereocenters. The van der Waals surface area contributed by atoms with Crippen molar-refractivity contribution in [2.75, 3.05) is 27.9 Å². The minimum absolute atomic E-state index is 0.0377. The molecule has 1 N–H and O–H groups in total. The summed E-state index contributed by atoms with van der Waals surface area (Å²) in [5.41, 5.74) is 1.66. The Labute approximate surface area is 225 Å². The van der Waals surface area contributed by atoms with Crippen molar-refractivity contribution in [3.8, 4) is 23.0 Å². The van der Waals surface area contributed by atoms with E-state index in [2.05, 4.69) is 20.9 Å². The standard InChI is InChI=1S/C26H25BrN2O7S/c1-6-36-25(32)21-13(2)28-26-29(22(21)15-7-8-17(33-3)18(12-15)34-4)24(31)20(37-26)11-14-9-16(27)23(30)19(10-14)35-5/h7-12,22,30H,6H2,1-5H3. The first-order chi connectivity index (χ1) is 17.7. The summed E-state index contributed by atoms with van der Waals surface area (Å²) in [6, 6.07) is 7.75. The minimum Gasteiger partial charge on any atom is -0.503 e. The number of methoxy groups -OCH3 is 3. The van der Waals surface area contributed by atoms with Crippen LogP contribution in [0, 0.1) is 0 Å². The van der Waals surface area contributed by atoms with E-state index in [0.717, 1.165) is 0 Å². The van der Waals surface area contributed by atoms with Crippen LogP contribution in [0.4, 0.5) is 0 Å². The number of phenols is 1. The molecule has 2 heterocycles. The summed E-state index contributed by atoms with van der Waals surface area (Å²) < 4.78 is 23.7. The quantitative estimate of drug-likeness (QED) is 0.422. The van der Waals surface area contributed by atoms with Crippen LogP contribution in [-0.4, -0.2) is 43.6 Å². The van der Waals surface area contributed by atoms with Gasteiger partial charge in [-0.15, -0.1) is 0 Å². The van der Waals surface area contributed by atoms with E-state index < -0.39 is 12.0 Å². The maximum Gasteiger partial charge on any atom is 0.338 e. The van der Waals surface area contributed by atoms with Gasteiger partial charge in [-0.2, -0.15) is 0 Å². The van der Waals surface area contributed by atoms with E-state index in [4.69, 9.17) is 18.9 Å². The summed E-state index contributed by atoms with van der Waals surface area (Å²) in [7, 11) is 4.50. The molecule has 0 radical (unpaired) electrons. The van der Waals surface area contributed by atoms with Crippen molar-refractivity contribution in [1.82, 2.24) is 4.57 Å². The highest BCUT2D eigenvalue weighted by Gasteiger charge is 2.34. The molecule has 9 nitrogen and oxygen atoms in total. The Morgan fingerprint density at radius 3 is 2.49 bits per heavy atom. The third-order valence-corrected chi connectivity index (χ3v) is 7.40. The van der Waals surface area contributed by atoms with Crippen molar-refractivity contribution in [1.29, 1.82) is 0 Å². The number of carbonyl (C=O) groups excluding carboxylic acids is 1. The average Bonchev–Trinajstić information content (AvgIpc) is 3.18. The lowest BCUT2D eigenvalue weighted by Gasteiger charge is -2.25. The van der Waals surface area contributed by atoms with Crippen molar-refractivity contribution < 1.29 is 28.8 Å². The number of nitrogens with zero attached hydrogens (tertiary/aromatic N) is 2. The Morgan fingerprint density at radius 2 is 1.84 bits per heavy atom. The van der Waals surface area contributed by atoms with Crippen molar-refractivity contribution in [2.45, 2.75) is 19.9 Å². The molecule has 0 aliphatic carbocycles. The number of hydrogen-bond donors (Lipinski definition) is 1. The average molecular weight is 589 g/mol. The second-order valence-electron chi connectivity index (χ2n) is 7.97. The number of aromatic hydroxyl groups is 1. The minimum atomic E-state index is -0.793. The summed E-state index contributed by atoms with van der Waals surface area (Å²) in [5.74, 6) is 0.649. The molecular formula is C26H25BrN2O7S. The SMILES string of the molecule is CCOC(=O)C1=C(C)N=c2sc(=Cc3cc(Br)c(O)c(OC)c3)c(=O)n2C1c1ccc(OC)c(OC)c1. The summed E-state index contributed by atoms with van der Waals surface area (Å²) in [6.07, 6.45) is 1.69. The molecule has 2 aromatic carbocycles. The zero-order chi connectivity index (χ0) is 26.9. The maximum absolute atomic E-state index is 13.8. The molecule has 0 bridgehead atoms. The Kier molecular flexibility index (Phi) is 7.74. The van der Waals surface area contributed by atoms with E-state index in [1.54, 1.807) is 50.3 Å². The van der Waals surface area contributed by atoms with Crippen LogP contribution >= 0.6 is 27.3 Å². The fourth-order valence-corrected chi connectivity index (χ4v) is 5.62. The zero-order valence-electron chi connectivity index (χ0n) is 20.8. The maximum atomic E-state index is 13.8. The van der Waals surface area contributed by atoms with Crippen LogP contribution in [0.1, 0.15) is 31.0 Å². The second kappa shape index (κ2) is 10.8. The van der Waals surface area contributed by atoms with Crippen LogP contribution in [-0.2, 0) is 9.53 Å². The van der Waals surface area contributed by atoms with E-state index in [9.17, 15) is 14.7 Å². The summed E-state index contributed by atoms with van der Waals surface area (Å²) in [4.78, 5) is 31.9. The number of halogens is 1. The van der Waals surface area contributed by atoms with Gasteiger partial charge >= 0.3 is 5.97 Å². The van der Waals surface area contributed by atoms with Gasteiger partial charge in [0.25, 0.3) is 5.56 Å². The largest absolute Gasteiger partial charge is 0.503 e. The number of esters is 1. The molecule has 0 saturated carbocycles. The second-order valence-corrected chi connectivity index (χ2v) is 9.83.